The topological polar surface area (TPSA) is 47.4 Å². The molecule has 0 bridgehead atoms. The number of nitrogens with zero attached hydrogens (tertiary/aromatic N) is 3. The predicted molar refractivity (Wildman–Crippen MR) is 103 cm³/mol. The van der Waals surface area contributed by atoms with Crippen LogP contribution in [-0.2, 0) is 18.4 Å². The van der Waals surface area contributed by atoms with Crippen LogP contribution in [0, 0.1) is 0 Å². The molecule has 2 aromatic heterocycles. The number of ether oxygens (including phenoxy) is 1. The minimum Gasteiger partial charge on any atom is -0.375 e. The van der Waals surface area contributed by atoms with E-state index in [1.165, 1.54) is 0 Å². The molecule has 3 heterocycles. The van der Waals surface area contributed by atoms with Crippen LogP contribution in [0.4, 0.5) is 11.4 Å². The number of fused-ring (bicyclic) bond motifs is 2. The highest BCUT2D eigenvalue weighted by Crippen LogP contribution is 2.37. The van der Waals surface area contributed by atoms with Gasteiger partial charge in [0.2, 0.25) is 0 Å². The SMILES string of the molecule is Cn1c(=O)cc(N2CCOCc3c(Br)cccc32)c2nc(Cl)ccc21. The fourth-order valence-electron chi connectivity index (χ4n) is 3.14. The summed E-state index contributed by atoms with van der Waals surface area (Å²) >= 11 is 9.73. The average molecular weight is 421 g/mol. The number of rotatable bonds is 1. The first-order valence-corrected chi connectivity index (χ1v) is 9.02. The predicted octanol–water partition coefficient (Wildman–Crippen LogP) is 4.02. The molecule has 0 amide bonds. The van der Waals surface area contributed by atoms with Crippen molar-refractivity contribution in [2.75, 3.05) is 18.1 Å². The zero-order valence-corrected chi connectivity index (χ0v) is 15.8. The summed E-state index contributed by atoms with van der Waals surface area (Å²) in [6.45, 7) is 1.70. The quantitative estimate of drug-likeness (QED) is 0.558. The summed E-state index contributed by atoms with van der Waals surface area (Å²) in [7, 11) is 1.74. The zero-order chi connectivity index (χ0) is 17.6. The standard InChI is InChI=1S/C18H15BrClN3O2/c1-22-14-5-6-16(20)21-18(14)15(9-17(22)24)23-7-8-25-10-11-12(19)3-2-4-13(11)23/h2-6,9H,7-8,10H2,1H3. The Morgan fingerprint density at radius 3 is 2.92 bits per heavy atom. The van der Waals surface area contributed by atoms with E-state index in [4.69, 9.17) is 16.3 Å². The Morgan fingerprint density at radius 1 is 1.24 bits per heavy atom. The van der Waals surface area contributed by atoms with E-state index >= 15 is 0 Å². The molecule has 0 atom stereocenters. The van der Waals surface area contributed by atoms with Gasteiger partial charge in [0.1, 0.15) is 10.7 Å². The van der Waals surface area contributed by atoms with Gasteiger partial charge in [-0.3, -0.25) is 4.79 Å². The van der Waals surface area contributed by atoms with E-state index in [9.17, 15) is 4.79 Å². The third-order valence-corrected chi connectivity index (χ3v) is 5.37. The van der Waals surface area contributed by atoms with Crippen LogP contribution in [0.5, 0.6) is 0 Å². The van der Waals surface area contributed by atoms with Crippen LogP contribution in [0.3, 0.4) is 0 Å². The number of halogens is 2. The van der Waals surface area contributed by atoms with Crippen molar-refractivity contribution < 1.29 is 4.74 Å². The smallest absolute Gasteiger partial charge is 0.252 e. The molecule has 3 aromatic rings. The van der Waals surface area contributed by atoms with Gasteiger partial charge in [0.25, 0.3) is 5.56 Å². The summed E-state index contributed by atoms with van der Waals surface area (Å²) in [5.74, 6) is 0. The van der Waals surface area contributed by atoms with Gasteiger partial charge in [-0.1, -0.05) is 33.6 Å². The number of aromatic nitrogens is 2. The Balaban J connectivity index is 2.03. The van der Waals surface area contributed by atoms with E-state index in [-0.39, 0.29) is 5.56 Å². The first-order valence-electron chi connectivity index (χ1n) is 7.85. The van der Waals surface area contributed by atoms with Crippen molar-refractivity contribution >= 4 is 49.9 Å². The third kappa shape index (κ3) is 2.84. The van der Waals surface area contributed by atoms with Crippen LogP contribution in [-0.4, -0.2) is 22.7 Å². The van der Waals surface area contributed by atoms with E-state index in [1.807, 2.05) is 24.3 Å². The molecule has 1 aliphatic heterocycles. The van der Waals surface area contributed by atoms with Crippen molar-refractivity contribution in [1.29, 1.82) is 0 Å². The second-order valence-corrected chi connectivity index (χ2v) is 7.11. The van der Waals surface area contributed by atoms with Gasteiger partial charge in [-0.05, 0) is 24.3 Å². The fourth-order valence-corrected chi connectivity index (χ4v) is 3.76. The maximum atomic E-state index is 12.5. The molecule has 0 saturated carbocycles. The van der Waals surface area contributed by atoms with Crippen molar-refractivity contribution in [1.82, 2.24) is 9.55 Å². The highest BCUT2D eigenvalue weighted by Gasteiger charge is 2.22. The summed E-state index contributed by atoms with van der Waals surface area (Å²) in [5.41, 5.74) is 4.15. The van der Waals surface area contributed by atoms with Gasteiger partial charge in [0.05, 0.1) is 24.4 Å². The fraction of sp³-hybridized carbons (Fsp3) is 0.222. The third-order valence-electron chi connectivity index (χ3n) is 4.42. The van der Waals surface area contributed by atoms with E-state index in [2.05, 4.69) is 25.8 Å². The first kappa shape index (κ1) is 16.6. The van der Waals surface area contributed by atoms with Crippen LogP contribution in [0.15, 0.2) is 45.7 Å². The lowest BCUT2D eigenvalue weighted by atomic mass is 10.1. The Bertz CT molecular complexity index is 1030. The highest BCUT2D eigenvalue weighted by molar-refractivity contribution is 9.10. The molecule has 0 aliphatic carbocycles. The van der Waals surface area contributed by atoms with Gasteiger partial charge >= 0.3 is 0 Å². The number of hydrogen-bond donors (Lipinski definition) is 0. The first-order chi connectivity index (χ1) is 12.1. The van der Waals surface area contributed by atoms with Crippen molar-refractivity contribution in [2.45, 2.75) is 6.61 Å². The number of anilines is 2. The average Bonchev–Trinajstić information content (AvgIpc) is 2.81. The van der Waals surface area contributed by atoms with Gasteiger partial charge in [-0.2, -0.15) is 0 Å². The normalized spacial score (nSPS) is 14.4. The van der Waals surface area contributed by atoms with E-state index in [1.54, 1.807) is 23.7 Å². The molecule has 128 valence electrons. The summed E-state index contributed by atoms with van der Waals surface area (Å²) in [5, 5.41) is 0.396. The molecule has 0 fully saturated rings. The Kier molecular flexibility index (Phi) is 4.27. The second-order valence-electron chi connectivity index (χ2n) is 5.87. The van der Waals surface area contributed by atoms with E-state index in [0.29, 0.717) is 30.4 Å². The van der Waals surface area contributed by atoms with E-state index in [0.717, 1.165) is 26.9 Å². The van der Waals surface area contributed by atoms with Crippen molar-refractivity contribution in [3.8, 4) is 0 Å². The molecule has 0 unspecified atom stereocenters. The van der Waals surface area contributed by atoms with Crippen molar-refractivity contribution in [3.05, 3.63) is 61.9 Å². The molecule has 0 spiro atoms. The molecule has 1 aromatic carbocycles. The van der Waals surface area contributed by atoms with Crippen LogP contribution < -0.4 is 10.5 Å². The molecular weight excluding hydrogens is 406 g/mol. The van der Waals surface area contributed by atoms with Crippen LogP contribution in [0.1, 0.15) is 5.56 Å². The molecule has 0 radical (unpaired) electrons. The second kappa shape index (κ2) is 6.44. The molecule has 4 rings (SSSR count). The van der Waals surface area contributed by atoms with Gasteiger partial charge in [0.15, 0.2) is 0 Å². The van der Waals surface area contributed by atoms with Gasteiger partial charge < -0.3 is 14.2 Å². The minimum absolute atomic E-state index is 0.0895. The van der Waals surface area contributed by atoms with Gasteiger partial charge in [-0.15, -0.1) is 0 Å². The Labute approximate surface area is 157 Å². The lowest BCUT2D eigenvalue weighted by Gasteiger charge is -2.26. The van der Waals surface area contributed by atoms with Crippen molar-refractivity contribution in [2.24, 2.45) is 7.05 Å². The van der Waals surface area contributed by atoms with Crippen LogP contribution in [0.2, 0.25) is 5.15 Å². The highest BCUT2D eigenvalue weighted by atomic mass is 79.9. The maximum absolute atomic E-state index is 12.5. The summed E-state index contributed by atoms with van der Waals surface area (Å²) in [4.78, 5) is 19.1. The summed E-state index contributed by atoms with van der Waals surface area (Å²) in [6.07, 6.45) is 0. The van der Waals surface area contributed by atoms with Gasteiger partial charge in [0, 0.05) is 35.4 Å². The van der Waals surface area contributed by atoms with Crippen LogP contribution >= 0.6 is 27.5 Å². The molecule has 25 heavy (non-hydrogen) atoms. The van der Waals surface area contributed by atoms with Crippen LogP contribution in [0.25, 0.3) is 11.0 Å². The minimum atomic E-state index is -0.0895. The van der Waals surface area contributed by atoms with Gasteiger partial charge in [-0.25, -0.2) is 4.98 Å². The maximum Gasteiger partial charge on any atom is 0.252 e. The van der Waals surface area contributed by atoms with Crippen molar-refractivity contribution in [3.63, 3.8) is 0 Å². The zero-order valence-electron chi connectivity index (χ0n) is 13.5. The molecule has 0 N–H and O–H groups in total. The lowest BCUT2D eigenvalue weighted by molar-refractivity contribution is 0.133. The summed E-state index contributed by atoms with van der Waals surface area (Å²) < 4.78 is 8.31. The largest absolute Gasteiger partial charge is 0.375 e. The van der Waals surface area contributed by atoms with E-state index < -0.39 is 0 Å². The Morgan fingerprint density at radius 2 is 2.08 bits per heavy atom. The number of aryl methyl sites for hydroxylation is 1. The number of pyridine rings is 2. The molecule has 5 nitrogen and oxygen atoms in total. The monoisotopic (exact) mass is 419 g/mol. The molecule has 0 saturated heterocycles. The lowest BCUT2D eigenvalue weighted by Crippen LogP contribution is -2.25. The molecule has 7 heteroatoms. The summed E-state index contributed by atoms with van der Waals surface area (Å²) in [6, 6.07) is 11.1. The molecular formula is C18H15BrClN3O2. The number of hydrogen-bond acceptors (Lipinski definition) is 4. The Hall–Kier alpha value is -1.89. The number of benzene rings is 1. The molecule has 1 aliphatic rings.